The molecule has 0 radical (unpaired) electrons. The number of carbonyl (C=O) groups excluding carboxylic acids is 2. The van der Waals surface area contributed by atoms with E-state index in [2.05, 4.69) is 4.98 Å². The third kappa shape index (κ3) is 5.09. The number of thiazole rings is 1. The molecular formula is C14H22N2O4S. The zero-order valence-electron chi connectivity index (χ0n) is 13.1. The molecule has 0 aliphatic carbocycles. The van der Waals surface area contributed by atoms with Crippen molar-refractivity contribution in [2.24, 2.45) is 0 Å². The third-order valence-corrected chi connectivity index (χ3v) is 3.88. The molecule has 0 N–H and O–H groups in total. The minimum absolute atomic E-state index is 0.0981. The predicted octanol–water partition coefficient (Wildman–Crippen LogP) is 2.38. The number of Topliss-reactive ketones (excluding diaryl/α,β-unsaturated/α-hetero) is 1. The highest BCUT2D eigenvalue weighted by Gasteiger charge is 2.23. The summed E-state index contributed by atoms with van der Waals surface area (Å²) < 4.78 is 10.4. The summed E-state index contributed by atoms with van der Waals surface area (Å²) in [5, 5.41) is 0.607. The van der Waals surface area contributed by atoms with Crippen molar-refractivity contribution in [1.29, 1.82) is 0 Å². The van der Waals surface area contributed by atoms with Gasteiger partial charge in [-0.1, -0.05) is 11.3 Å². The van der Waals surface area contributed by atoms with Gasteiger partial charge >= 0.3 is 5.97 Å². The number of ketones is 1. The number of esters is 1. The maximum Gasteiger partial charge on any atom is 0.358 e. The zero-order chi connectivity index (χ0) is 16.0. The first-order chi connectivity index (χ1) is 9.86. The Balaban J connectivity index is 2.86. The Morgan fingerprint density at radius 2 is 2.05 bits per heavy atom. The molecule has 0 saturated heterocycles. The van der Waals surface area contributed by atoms with Gasteiger partial charge in [0.1, 0.15) is 4.88 Å². The molecule has 0 fully saturated rings. The van der Waals surface area contributed by atoms with Gasteiger partial charge in [0.25, 0.3) is 0 Å². The van der Waals surface area contributed by atoms with Crippen molar-refractivity contribution in [2.75, 3.05) is 31.7 Å². The molecule has 0 atom stereocenters. The Hall–Kier alpha value is -1.47. The molecule has 1 heterocycles. The van der Waals surface area contributed by atoms with Gasteiger partial charge in [0, 0.05) is 20.5 Å². The van der Waals surface area contributed by atoms with E-state index in [1.54, 1.807) is 6.92 Å². The molecular weight excluding hydrogens is 292 g/mol. The second-order valence-corrected chi connectivity index (χ2v) is 5.77. The van der Waals surface area contributed by atoms with E-state index in [1.807, 2.05) is 25.8 Å². The van der Waals surface area contributed by atoms with Gasteiger partial charge in [0.15, 0.2) is 16.6 Å². The SMILES string of the molecule is CCOC(=O)c1nc(N(C)CCOC(C)C)sc1C(C)=O. The molecule has 0 aliphatic rings. The second-order valence-electron chi connectivity index (χ2n) is 4.79. The summed E-state index contributed by atoms with van der Waals surface area (Å²) in [6.45, 7) is 8.51. The maximum absolute atomic E-state index is 11.8. The number of nitrogens with zero attached hydrogens (tertiary/aromatic N) is 2. The van der Waals surface area contributed by atoms with Crippen LogP contribution in [0.15, 0.2) is 0 Å². The summed E-state index contributed by atoms with van der Waals surface area (Å²) >= 11 is 1.20. The molecule has 21 heavy (non-hydrogen) atoms. The van der Waals surface area contributed by atoms with E-state index in [1.165, 1.54) is 18.3 Å². The molecule has 0 unspecified atom stereocenters. The smallest absolute Gasteiger partial charge is 0.358 e. The molecule has 7 heteroatoms. The van der Waals surface area contributed by atoms with E-state index in [4.69, 9.17) is 9.47 Å². The Morgan fingerprint density at radius 1 is 1.38 bits per heavy atom. The lowest BCUT2D eigenvalue weighted by molar-refractivity contribution is 0.0517. The van der Waals surface area contributed by atoms with E-state index in [0.717, 1.165) is 0 Å². The second kappa shape index (κ2) is 8.09. The molecule has 0 bridgehead atoms. The zero-order valence-corrected chi connectivity index (χ0v) is 14.0. The molecule has 0 aromatic carbocycles. The van der Waals surface area contributed by atoms with E-state index in [9.17, 15) is 9.59 Å². The van der Waals surface area contributed by atoms with Gasteiger partial charge < -0.3 is 14.4 Å². The Labute approximate surface area is 129 Å². The number of aromatic nitrogens is 1. The minimum Gasteiger partial charge on any atom is -0.461 e. The van der Waals surface area contributed by atoms with Crippen LogP contribution in [-0.2, 0) is 9.47 Å². The van der Waals surface area contributed by atoms with Crippen LogP contribution in [0.1, 0.15) is 47.9 Å². The molecule has 0 amide bonds. The van der Waals surface area contributed by atoms with Gasteiger partial charge in [-0.05, 0) is 20.8 Å². The highest BCUT2D eigenvalue weighted by atomic mass is 32.1. The number of rotatable bonds is 8. The summed E-state index contributed by atoms with van der Waals surface area (Å²) in [6.07, 6.45) is 0.164. The number of hydrogen-bond donors (Lipinski definition) is 0. The molecule has 1 aromatic rings. The van der Waals surface area contributed by atoms with Crippen LogP contribution in [0.5, 0.6) is 0 Å². The van der Waals surface area contributed by atoms with E-state index >= 15 is 0 Å². The average Bonchev–Trinajstić information content (AvgIpc) is 2.83. The van der Waals surface area contributed by atoms with Crippen LogP contribution in [0, 0.1) is 0 Å². The van der Waals surface area contributed by atoms with Gasteiger partial charge in [-0.3, -0.25) is 4.79 Å². The quantitative estimate of drug-likeness (QED) is 0.542. The van der Waals surface area contributed by atoms with Crippen molar-refractivity contribution in [3.05, 3.63) is 10.6 Å². The molecule has 0 spiro atoms. The van der Waals surface area contributed by atoms with E-state index < -0.39 is 5.97 Å². The number of carbonyl (C=O) groups is 2. The Bertz CT molecular complexity index is 499. The molecule has 0 saturated carbocycles. The van der Waals surface area contributed by atoms with Crippen molar-refractivity contribution in [2.45, 2.75) is 33.8 Å². The van der Waals surface area contributed by atoms with Gasteiger partial charge in [0.05, 0.1) is 19.3 Å². The summed E-state index contributed by atoms with van der Waals surface area (Å²) in [5.74, 6) is -0.745. The van der Waals surface area contributed by atoms with Crippen molar-refractivity contribution in [3.63, 3.8) is 0 Å². The van der Waals surface area contributed by atoms with Crippen LogP contribution < -0.4 is 4.90 Å². The summed E-state index contributed by atoms with van der Waals surface area (Å²) in [7, 11) is 1.85. The Morgan fingerprint density at radius 3 is 2.57 bits per heavy atom. The van der Waals surface area contributed by atoms with Crippen LogP contribution in [0.4, 0.5) is 5.13 Å². The Kier molecular flexibility index (Phi) is 6.77. The predicted molar refractivity (Wildman–Crippen MR) is 82.4 cm³/mol. The topological polar surface area (TPSA) is 68.7 Å². The highest BCUT2D eigenvalue weighted by molar-refractivity contribution is 7.17. The molecule has 0 aliphatic heterocycles. The lowest BCUT2D eigenvalue weighted by Crippen LogP contribution is -2.23. The number of hydrogen-bond acceptors (Lipinski definition) is 7. The first-order valence-corrected chi connectivity index (χ1v) is 7.70. The van der Waals surface area contributed by atoms with Crippen molar-refractivity contribution in [3.8, 4) is 0 Å². The standard InChI is InChI=1S/C14H22N2O4S/c1-6-19-13(18)11-12(10(4)17)21-14(15-11)16(5)7-8-20-9(2)3/h9H,6-8H2,1-5H3. The monoisotopic (exact) mass is 314 g/mol. The van der Waals surface area contributed by atoms with E-state index in [0.29, 0.717) is 23.2 Å². The van der Waals surface area contributed by atoms with Crippen LogP contribution in [0.25, 0.3) is 0 Å². The lowest BCUT2D eigenvalue weighted by atomic mass is 10.3. The highest BCUT2D eigenvalue weighted by Crippen LogP contribution is 2.26. The van der Waals surface area contributed by atoms with Crippen molar-refractivity contribution in [1.82, 2.24) is 4.98 Å². The summed E-state index contributed by atoms with van der Waals surface area (Å²) in [6, 6.07) is 0. The number of likely N-dealkylation sites (N-methyl/N-ethyl adjacent to an activating group) is 1. The van der Waals surface area contributed by atoms with Gasteiger partial charge in [0.2, 0.25) is 0 Å². The summed E-state index contributed by atoms with van der Waals surface area (Å²) in [4.78, 5) is 29.9. The maximum atomic E-state index is 11.8. The number of ether oxygens (including phenoxy) is 2. The largest absolute Gasteiger partial charge is 0.461 e. The fraction of sp³-hybridized carbons (Fsp3) is 0.643. The fourth-order valence-corrected chi connectivity index (χ4v) is 2.51. The van der Waals surface area contributed by atoms with Crippen LogP contribution >= 0.6 is 11.3 Å². The summed E-state index contributed by atoms with van der Waals surface area (Å²) in [5.41, 5.74) is 0.0981. The molecule has 1 aromatic heterocycles. The normalized spacial score (nSPS) is 10.8. The van der Waals surface area contributed by atoms with Gasteiger partial charge in [-0.25, -0.2) is 9.78 Å². The fourth-order valence-electron chi connectivity index (χ4n) is 1.57. The van der Waals surface area contributed by atoms with Crippen molar-refractivity contribution >= 4 is 28.2 Å². The van der Waals surface area contributed by atoms with Crippen LogP contribution in [0.2, 0.25) is 0 Å². The first-order valence-electron chi connectivity index (χ1n) is 6.88. The average molecular weight is 314 g/mol. The molecule has 118 valence electrons. The van der Waals surface area contributed by atoms with Crippen molar-refractivity contribution < 1.29 is 19.1 Å². The first kappa shape index (κ1) is 17.6. The number of anilines is 1. The van der Waals surface area contributed by atoms with Crippen LogP contribution in [-0.4, -0.2) is 49.6 Å². The minimum atomic E-state index is -0.558. The van der Waals surface area contributed by atoms with E-state index in [-0.39, 0.29) is 24.2 Å². The third-order valence-electron chi connectivity index (χ3n) is 2.61. The van der Waals surface area contributed by atoms with Gasteiger partial charge in [-0.2, -0.15) is 0 Å². The van der Waals surface area contributed by atoms with Crippen LogP contribution in [0.3, 0.4) is 0 Å². The molecule has 6 nitrogen and oxygen atoms in total. The van der Waals surface area contributed by atoms with Gasteiger partial charge in [-0.15, -0.1) is 0 Å². The lowest BCUT2D eigenvalue weighted by Gasteiger charge is -2.16. The molecule has 1 rings (SSSR count).